The van der Waals surface area contributed by atoms with Gasteiger partial charge in [0.05, 0.1) is 5.92 Å². The van der Waals surface area contributed by atoms with E-state index in [-0.39, 0.29) is 5.92 Å². The first-order valence-electron chi connectivity index (χ1n) is 6.73. The summed E-state index contributed by atoms with van der Waals surface area (Å²) in [5.41, 5.74) is 7.27. The van der Waals surface area contributed by atoms with Gasteiger partial charge in [-0.2, -0.15) is 0 Å². The molecule has 18 heavy (non-hydrogen) atoms. The van der Waals surface area contributed by atoms with Crippen LogP contribution in [0.3, 0.4) is 0 Å². The van der Waals surface area contributed by atoms with Crippen molar-refractivity contribution in [3.63, 3.8) is 0 Å². The second-order valence-corrected chi connectivity index (χ2v) is 5.82. The van der Waals surface area contributed by atoms with E-state index in [4.69, 9.17) is 5.73 Å². The van der Waals surface area contributed by atoms with Crippen molar-refractivity contribution in [2.45, 2.75) is 31.6 Å². The Morgan fingerprint density at radius 1 is 1.22 bits per heavy atom. The van der Waals surface area contributed by atoms with Crippen molar-refractivity contribution in [3.05, 3.63) is 29.8 Å². The van der Waals surface area contributed by atoms with Crippen molar-refractivity contribution >= 4 is 11.7 Å². The molecule has 0 aliphatic heterocycles. The average Bonchev–Trinajstić information content (AvgIpc) is 2.94. The van der Waals surface area contributed by atoms with E-state index < -0.39 is 5.97 Å². The van der Waals surface area contributed by atoms with Crippen LogP contribution in [0.4, 0.5) is 5.69 Å². The number of benzene rings is 1. The number of anilines is 1. The second-order valence-electron chi connectivity index (χ2n) is 5.82. The van der Waals surface area contributed by atoms with Gasteiger partial charge in [0.25, 0.3) is 0 Å². The van der Waals surface area contributed by atoms with Gasteiger partial charge in [-0.15, -0.1) is 0 Å². The Morgan fingerprint density at radius 3 is 2.44 bits per heavy atom. The molecule has 0 saturated heterocycles. The summed E-state index contributed by atoms with van der Waals surface area (Å²) in [6, 6.07) is 7.36. The molecular weight excluding hydrogens is 226 g/mol. The van der Waals surface area contributed by atoms with E-state index in [1.54, 1.807) is 12.1 Å². The number of rotatable bonds is 3. The molecule has 2 aliphatic carbocycles. The Hall–Kier alpha value is -1.51. The predicted molar refractivity (Wildman–Crippen MR) is 70.2 cm³/mol. The first kappa shape index (κ1) is 11.6. The topological polar surface area (TPSA) is 63.3 Å². The number of aliphatic carboxylic acids is 1. The third kappa shape index (κ3) is 1.88. The van der Waals surface area contributed by atoms with Crippen LogP contribution in [0.25, 0.3) is 0 Å². The second kappa shape index (κ2) is 4.30. The highest BCUT2D eigenvalue weighted by atomic mass is 16.4. The molecule has 1 aromatic rings. The van der Waals surface area contributed by atoms with E-state index in [1.807, 2.05) is 12.1 Å². The molecular formula is C15H19NO2. The lowest BCUT2D eigenvalue weighted by molar-refractivity contribution is -0.140. The van der Waals surface area contributed by atoms with Crippen LogP contribution in [-0.4, -0.2) is 11.1 Å². The van der Waals surface area contributed by atoms with E-state index in [2.05, 4.69) is 0 Å². The summed E-state index contributed by atoms with van der Waals surface area (Å²) in [6.07, 6.45) is 4.85. The molecule has 3 nitrogen and oxygen atoms in total. The molecule has 2 bridgehead atoms. The van der Waals surface area contributed by atoms with Crippen molar-refractivity contribution < 1.29 is 9.90 Å². The first-order valence-corrected chi connectivity index (χ1v) is 6.73. The van der Waals surface area contributed by atoms with E-state index in [0.29, 0.717) is 17.5 Å². The number of carboxylic acid groups (broad SMARTS) is 1. The van der Waals surface area contributed by atoms with Crippen molar-refractivity contribution in [2.75, 3.05) is 5.73 Å². The Bertz CT molecular complexity index is 454. The average molecular weight is 245 g/mol. The molecule has 2 saturated carbocycles. The molecule has 4 atom stereocenters. The zero-order chi connectivity index (χ0) is 12.7. The first-order chi connectivity index (χ1) is 8.65. The van der Waals surface area contributed by atoms with Gasteiger partial charge >= 0.3 is 5.97 Å². The van der Waals surface area contributed by atoms with E-state index in [0.717, 1.165) is 17.9 Å². The van der Waals surface area contributed by atoms with Gasteiger partial charge in [0.15, 0.2) is 0 Å². The Labute approximate surface area is 107 Å². The lowest BCUT2D eigenvalue weighted by Gasteiger charge is -2.28. The maximum absolute atomic E-state index is 11.6. The molecule has 0 heterocycles. The smallest absolute Gasteiger partial charge is 0.311 e. The molecule has 3 N–H and O–H groups in total. The van der Waals surface area contributed by atoms with Gasteiger partial charge in [0, 0.05) is 5.69 Å². The van der Waals surface area contributed by atoms with Crippen LogP contribution < -0.4 is 5.73 Å². The van der Waals surface area contributed by atoms with Crippen molar-refractivity contribution in [1.29, 1.82) is 0 Å². The summed E-state index contributed by atoms with van der Waals surface area (Å²) < 4.78 is 0. The highest BCUT2D eigenvalue weighted by Crippen LogP contribution is 2.53. The number of fused-ring (bicyclic) bond motifs is 2. The molecule has 0 aromatic heterocycles. The Balaban J connectivity index is 1.89. The number of hydrogen-bond acceptors (Lipinski definition) is 2. The lowest BCUT2D eigenvalue weighted by atomic mass is 9.76. The predicted octanol–water partition coefficient (Wildman–Crippen LogP) is 2.87. The van der Waals surface area contributed by atoms with Crippen LogP contribution >= 0.6 is 0 Å². The van der Waals surface area contributed by atoms with Crippen LogP contribution in [0.1, 0.15) is 37.2 Å². The normalized spacial score (nSPS) is 31.4. The molecule has 0 radical (unpaired) electrons. The number of carbonyl (C=O) groups is 1. The minimum absolute atomic E-state index is 0.324. The van der Waals surface area contributed by atoms with E-state index in [1.165, 1.54) is 19.3 Å². The van der Waals surface area contributed by atoms with Gasteiger partial charge in [-0.1, -0.05) is 18.6 Å². The summed E-state index contributed by atoms with van der Waals surface area (Å²) >= 11 is 0. The molecule has 0 amide bonds. The molecule has 2 aliphatic rings. The number of nitrogen functional groups attached to an aromatic ring is 1. The van der Waals surface area contributed by atoms with E-state index >= 15 is 0 Å². The summed E-state index contributed by atoms with van der Waals surface area (Å²) in [7, 11) is 0. The SMILES string of the molecule is Nc1ccc(C(C(=O)O)C2CC3CCC2C3)cc1. The quantitative estimate of drug-likeness (QED) is 0.805. The molecule has 3 rings (SSSR count). The molecule has 96 valence electrons. The van der Waals surface area contributed by atoms with Gasteiger partial charge in [0.1, 0.15) is 0 Å². The molecule has 2 fully saturated rings. The minimum atomic E-state index is -0.683. The third-order valence-electron chi connectivity index (χ3n) is 4.78. The Kier molecular flexibility index (Phi) is 2.77. The third-order valence-corrected chi connectivity index (χ3v) is 4.78. The van der Waals surface area contributed by atoms with Crippen LogP contribution in [0.5, 0.6) is 0 Å². The van der Waals surface area contributed by atoms with Crippen LogP contribution in [0, 0.1) is 17.8 Å². The maximum Gasteiger partial charge on any atom is 0.311 e. The zero-order valence-corrected chi connectivity index (χ0v) is 10.4. The standard InChI is InChI=1S/C15H19NO2/c16-12-5-3-10(4-6-12)14(15(17)18)13-8-9-1-2-11(13)7-9/h3-6,9,11,13-14H,1-2,7-8,16H2,(H,17,18). The maximum atomic E-state index is 11.6. The van der Waals surface area contributed by atoms with Crippen molar-refractivity contribution in [3.8, 4) is 0 Å². The van der Waals surface area contributed by atoms with Crippen LogP contribution in [0.2, 0.25) is 0 Å². The van der Waals surface area contributed by atoms with Crippen LogP contribution in [-0.2, 0) is 4.79 Å². The molecule has 0 spiro atoms. The fourth-order valence-corrected chi connectivity index (χ4v) is 3.98. The summed E-state index contributed by atoms with van der Waals surface area (Å²) in [5.74, 6) is 0.687. The monoisotopic (exact) mass is 245 g/mol. The molecule has 3 heteroatoms. The van der Waals surface area contributed by atoms with Gasteiger partial charge in [-0.05, 0) is 54.7 Å². The van der Waals surface area contributed by atoms with Gasteiger partial charge in [-0.25, -0.2) is 0 Å². The van der Waals surface area contributed by atoms with Gasteiger partial charge in [0.2, 0.25) is 0 Å². The number of carboxylic acids is 1. The van der Waals surface area contributed by atoms with Crippen LogP contribution in [0.15, 0.2) is 24.3 Å². The zero-order valence-electron chi connectivity index (χ0n) is 10.4. The summed E-state index contributed by atoms with van der Waals surface area (Å²) in [5, 5.41) is 9.55. The fraction of sp³-hybridized carbons (Fsp3) is 0.533. The van der Waals surface area contributed by atoms with Crippen molar-refractivity contribution in [2.24, 2.45) is 17.8 Å². The molecule has 4 unspecified atom stereocenters. The lowest BCUT2D eigenvalue weighted by Crippen LogP contribution is -2.25. The molecule has 1 aromatic carbocycles. The number of hydrogen-bond donors (Lipinski definition) is 2. The fourth-order valence-electron chi connectivity index (χ4n) is 3.98. The summed E-state index contributed by atoms with van der Waals surface area (Å²) in [6.45, 7) is 0. The number of nitrogens with two attached hydrogens (primary N) is 1. The van der Waals surface area contributed by atoms with Gasteiger partial charge < -0.3 is 10.8 Å². The van der Waals surface area contributed by atoms with Crippen molar-refractivity contribution in [1.82, 2.24) is 0 Å². The summed E-state index contributed by atoms with van der Waals surface area (Å²) in [4.78, 5) is 11.6. The highest BCUT2D eigenvalue weighted by molar-refractivity contribution is 5.77. The largest absolute Gasteiger partial charge is 0.481 e. The minimum Gasteiger partial charge on any atom is -0.481 e. The highest BCUT2D eigenvalue weighted by Gasteiger charge is 2.45. The van der Waals surface area contributed by atoms with Gasteiger partial charge in [-0.3, -0.25) is 4.79 Å². The Morgan fingerprint density at radius 2 is 1.94 bits per heavy atom. The van der Waals surface area contributed by atoms with E-state index in [9.17, 15) is 9.90 Å².